The normalized spacial score (nSPS) is 10.8. The second-order valence-electron chi connectivity index (χ2n) is 4.93. The van der Waals surface area contributed by atoms with E-state index in [2.05, 4.69) is 15.4 Å². The average Bonchev–Trinajstić information content (AvgIpc) is 2.81. The van der Waals surface area contributed by atoms with Gasteiger partial charge in [0, 0.05) is 18.9 Å². The molecule has 2 heterocycles. The van der Waals surface area contributed by atoms with Crippen LogP contribution in [-0.2, 0) is 13.6 Å². The van der Waals surface area contributed by atoms with Crippen molar-refractivity contribution in [2.24, 2.45) is 7.05 Å². The molecule has 0 unspecified atom stereocenters. The van der Waals surface area contributed by atoms with Gasteiger partial charge in [0.2, 0.25) is 0 Å². The maximum Gasteiger partial charge on any atom is 0.335 e. The smallest absolute Gasteiger partial charge is 0.335 e. The molecule has 2 aromatic rings. The van der Waals surface area contributed by atoms with Crippen LogP contribution in [0, 0.1) is 0 Å². The SMILES string of the molecule is CC(C)c1cc(C(=O)O)cc(NCc2ccnn2C)n1. The zero-order valence-electron chi connectivity index (χ0n) is 11.8. The van der Waals surface area contributed by atoms with Crippen LogP contribution in [0.3, 0.4) is 0 Å². The number of hydrogen-bond donors (Lipinski definition) is 2. The maximum absolute atomic E-state index is 11.1. The molecule has 2 rings (SSSR count). The highest BCUT2D eigenvalue weighted by molar-refractivity contribution is 5.88. The minimum atomic E-state index is -0.946. The van der Waals surface area contributed by atoms with Gasteiger partial charge in [0.25, 0.3) is 0 Å². The molecule has 0 fully saturated rings. The quantitative estimate of drug-likeness (QED) is 0.874. The molecule has 0 saturated heterocycles. The van der Waals surface area contributed by atoms with Crippen molar-refractivity contribution in [2.45, 2.75) is 26.3 Å². The Kier molecular flexibility index (Phi) is 4.02. The van der Waals surface area contributed by atoms with Crippen molar-refractivity contribution in [1.29, 1.82) is 0 Å². The summed E-state index contributed by atoms with van der Waals surface area (Å²) < 4.78 is 1.76. The highest BCUT2D eigenvalue weighted by atomic mass is 16.4. The monoisotopic (exact) mass is 274 g/mol. The average molecular weight is 274 g/mol. The van der Waals surface area contributed by atoms with Gasteiger partial charge in [-0.3, -0.25) is 4.68 Å². The molecule has 0 aliphatic heterocycles. The molecule has 6 heteroatoms. The fourth-order valence-corrected chi connectivity index (χ4v) is 1.82. The molecule has 0 spiro atoms. The molecule has 0 aliphatic rings. The molecule has 6 nitrogen and oxygen atoms in total. The first kappa shape index (κ1) is 14.0. The molecular formula is C14H18N4O2. The zero-order valence-corrected chi connectivity index (χ0v) is 11.8. The predicted octanol–water partition coefficient (Wildman–Crippen LogP) is 2.25. The van der Waals surface area contributed by atoms with Crippen LogP contribution >= 0.6 is 0 Å². The van der Waals surface area contributed by atoms with Crippen LogP contribution in [0.1, 0.15) is 41.5 Å². The molecule has 0 saturated carbocycles. The molecular weight excluding hydrogens is 256 g/mol. The Morgan fingerprint density at radius 1 is 1.45 bits per heavy atom. The molecule has 2 aromatic heterocycles. The third-order valence-corrected chi connectivity index (χ3v) is 3.06. The Labute approximate surface area is 117 Å². The second kappa shape index (κ2) is 5.73. The van der Waals surface area contributed by atoms with Crippen molar-refractivity contribution in [3.05, 3.63) is 41.3 Å². The lowest BCUT2D eigenvalue weighted by molar-refractivity contribution is 0.0696. The van der Waals surface area contributed by atoms with Crippen molar-refractivity contribution in [1.82, 2.24) is 14.8 Å². The van der Waals surface area contributed by atoms with Crippen LogP contribution in [0.2, 0.25) is 0 Å². The van der Waals surface area contributed by atoms with E-state index in [0.29, 0.717) is 12.4 Å². The summed E-state index contributed by atoms with van der Waals surface area (Å²) in [5.74, 6) is -0.209. The summed E-state index contributed by atoms with van der Waals surface area (Å²) in [4.78, 5) is 15.6. The Morgan fingerprint density at radius 3 is 2.75 bits per heavy atom. The summed E-state index contributed by atoms with van der Waals surface area (Å²) in [7, 11) is 1.86. The van der Waals surface area contributed by atoms with Crippen LogP contribution in [0.5, 0.6) is 0 Å². The van der Waals surface area contributed by atoms with E-state index in [9.17, 15) is 4.79 Å². The topological polar surface area (TPSA) is 80.0 Å². The first-order chi connectivity index (χ1) is 9.47. The number of carbonyl (C=O) groups is 1. The predicted molar refractivity (Wildman–Crippen MR) is 75.8 cm³/mol. The number of carboxylic acids is 1. The molecule has 0 atom stereocenters. The molecule has 20 heavy (non-hydrogen) atoms. The summed E-state index contributed by atoms with van der Waals surface area (Å²) in [6, 6.07) is 5.06. The molecule has 106 valence electrons. The van der Waals surface area contributed by atoms with Crippen LogP contribution < -0.4 is 5.32 Å². The van der Waals surface area contributed by atoms with E-state index in [-0.39, 0.29) is 11.5 Å². The number of anilines is 1. The van der Waals surface area contributed by atoms with E-state index in [0.717, 1.165) is 11.4 Å². The molecule has 0 radical (unpaired) electrons. The van der Waals surface area contributed by atoms with Crippen LogP contribution in [0.15, 0.2) is 24.4 Å². The van der Waals surface area contributed by atoms with E-state index in [1.165, 1.54) is 0 Å². The van der Waals surface area contributed by atoms with E-state index in [1.54, 1.807) is 23.0 Å². The van der Waals surface area contributed by atoms with Gasteiger partial charge in [-0.1, -0.05) is 13.8 Å². The number of nitrogens with zero attached hydrogens (tertiary/aromatic N) is 3. The highest BCUT2D eigenvalue weighted by Gasteiger charge is 2.11. The van der Waals surface area contributed by atoms with Crippen LogP contribution in [-0.4, -0.2) is 25.8 Å². The van der Waals surface area contributed by atoms with Gasteiger partial charge in [-0.15, -0.1) is 0 Å². The summed E-state index contributed by atoms with van der Waals surface area (Å²) >= 11 is 0. The first-order valence-corrected chi connectivity index (χ1v) is 6.43. The van der Waals surface area contributed by atoms with Crippen molar-refractivity contribution in [3.8, 4) is 0 Å². The molecule has 0 bridgehead atoms. The first-order valence-electron chi connectivity index (χ1n) is 6.43. The molecule has 0 amide bonds. The standard InChI is InChI=1S/C14H18N4O2/c1-9(2)12-6-10(14(19)20)7-13(17-12)15-8-11-4-5-16-18(11)3/h4-7,9H,8H2,1-3H3,(H,15,17)(H,19,20). The summed E-state index contributed by atoms with van der Waals surface area (Å²) in [6.45, 7) is 4.52. The third kappa shape index (κ3) is 3.14. The van der Waals surface area contributed by atoms with Gasteiger partial charge >= 0.3 is 5.97 Å². The molecule has 0 aromatic carbocycles. The van der Waals surface area contributed by atoms with Crippen LogP contribution in [0.4, 0.5) is 5.82 Å². The van der Waals surface area contributed by atoms with Gasteiger partial charge in [-0.2, -0.15) is 5.10 Å². The Hall–Kier alpha value is -2.37. The lowest BCUT2D eigenvalue weighted by Gasteiger charge is -2.11. The van der Waals surface area contributed by atoms with E-state index in [4.69, 9.17) is 5.11 Å². The summed E-state index contributed by atoms with van der Waals surface area (Å²) in [5.41, 5.74) is 2.01. The number of hydrogen-bond acceptors (Lipinski definition) is 4. The van der Waals surface area contributed by atoms with Gasteiger partial charge in [0.15, 0.2) is 0 Å². The zero-order chi connectivity index (χ0) is 14.7. The molecule has 2 N–H and O–H groups in total. The number of aryl methyl sites for hydroxylation is 1. The Bertz CT molecular complexity index is 619. The number of aromatic carboxylic acids is 1. The van der Waals surface area contributed by atoms with Crippen LogP contribution in [0.25, 0.3) is 0 Å². The van der Waals surface area contributed by atoms with Crippen molar-refractivity contribution in [2.75, 3.05) is 5.32 Å². The van der Waals surface area contributed by atoms with E-state index in [1.807, 2.05) is 27.0 Å². The van der Waals surface area contributed by atoms with E-state index >= 15 is 0 Å². The van der Waals surface area contributed by atoms with Crippen molar-refractivity contribution >= 4 is 11.8 Å². The Balaban J connectivity index is 2.22. The fourth-order valence-electron chi connectivity index (χ4n) is 1.82. The third-order valence-electron chi connectivity index (χ3n) is 3.06. The minimum absolute atomic E-state index is 0.173. The largest absolute Gasteiger partial charge is 0.478 e. The maximum atomic E-state index is 11.1. The minimum Gasteiger partial charge on any atom is -0.478 e. The number of aromatic nitrogens is 3. The van der Waals surface area contributed by atoms with Gasteiger partial charge in [-0.25, -0.2) is 9.78 Å². The van der Waals surface area contributed by atoms with Gasteiger partial charge in [0.05, 0.1) is 17.8 Å². The Morgan fingerprint density at radius 2 is 2.20 bits per heavy atom. The number of pyridine rings is 1. The van der Waals surface area contributed by atoms with Gasteiger partial charge in [-0.05, 0) is 24.1 Å². The molecule has 0 aliphatic carbocycles. The number of rotatable bonds is 5. The van der Waals surface area contributed by atoms with Crippen molar-refractivity contribution in [3.63, 3.8) is 0 Å². The van der Waals surface area contributed by atoms with Gasteiger partial charge in [0.1, 0.15) is 5.82 Å². The van der Waals surface area contributed by atoms with Gasteiger partial charge < -0.3 is 10.4 Å². The fraction of sp³-hybridized carbons (Fsp3) is 0.357. The highest BCUT2D eigenvalue weighted by Crippen LogP contribution is 2.18. The number of nitrogens with one attached hydrogen (secondary N) is 1. The second-order valence-corrected chi connectivity index (χ2v) is 4.93. The lowest BCUT2D eigenvalue weighted by atomic mass is 10.1. The number of carboxylic acid groups (broad SMARTS) is 1. The van der Waals surface area contributed by atoms with E-state index < -0.39 is 5.97 Å². The van der Waals surface area contributed by atoms with Crippen molar-refractivity contribution < 1.29 is 9.90 Å². The summed E-state index contributed by atoms with van der Waals surface area (Å²) in [5, 5.41) is 16.4. The summed E-state index contributed by atoms with van der Waals surface area (Å²) in [6.07, 6.45) is 1.72. The lowest BCUT2D eigenvalue weighted by Crippen LogP contribution is -2.09.